The summed E-state index contributed by atoms with van der Waals surface area (Å²) in [6.07, 6.45) is -0.112. The third-order valence-electron chi connectivity index (χ3n) is 3.54. The number of amides is 2. The van der Waals surface area contributed by atoms with Crippen molar-refractivity contribution in [1.29, 1.82) is 0 Å². The number of hydrogen-bond donors (Lipinski definition) is 0. The minimum Gasteiger partial charge on any atom is -0.299 e. The van der Waals surface area contributed by atoms with E-state index in [0.717, 1.165) is 9.37 Å². The van der Waals surface area contributed by atoms with E-state index in [2.05, 4.69) is 15.9 Å². The molecule has 1 aliphatic heterocycles. The van der Waals surface area contributed by atoms with E-state index >= 15 is 0 Å². The van der Waals surface area contributed by atoms with Crippen LogP contribution in [-0.2, 0) is 19.2 Å². The van der Waals surface area contributed by atoms with Crippen LogP contribution in [0.25, 0.3) is 0 Å². The molecule has 1 atom stereocenters. The quantitative estimate of drug-likeness (QED) is 0.615. The molecule has 0 unspecified atom stereocenters. The molecule has 1 aromatic rings. The highest BCUT2D eigenvalue weighted by atomic mass is 79.9. The zero-order valence-electron chi connectivity index (χ0n) is 11.6. The van der Waals surface area contributed by atoms with Gasteiger partial charge in [-0.25, -0.2) is 0 Å². The van der Waals surface area contributed by atoms with Crippen molar-refractivity contribution in [2.45, 2.75) is 20.3 Å². The van der Waals surface area contributed by atoms with Crippen LogP contribution in [-0.4, -0.2) is 23.4 Å². The fourth-order valence-corrected chi connectivity index (χ4v) is 2.89. The second-order valence-corrected chi connectivity index (χ2v) is 5.97. The molecule has 0 aromatic heterocycles. The fraction of sp³-hybridized carbons (Fsp3) is 0.333. The Kier molecular flexibility index (Phi) is 4.37. The van der Waals surface area contributed by atoms with Crippen LogP contribution < -0.4 is 4.90 Å². The Labute approximate surface area is 130 Å². The normalized spacial score (nSPS) is 18.5. The highest BCUT2D eigenvalue weighted by molar-refractivity contribution is 9.10. The van der Waals surface area contributed by atoms with Gasteiger partial charge in [0.15, 0.2) is 0 Å². The molecule has 0 aliphatic carbocycles. The topological polar surface area (TPSA) is 71.5 Å². The van der Waals surface area contributed by atoms with E-state index in [4.69, 9.17) is 0 Å². The smallest absolute Gasteiger partial charge is 0.238 e. The number of ketones is 2. The van der Waals surface area contributed by atoms with Crippen molar-refractivity contribution in [1.82, 2.24) is 0 Å². The first-order valence-electron chi connectivity index (χ1n) is 6.46. The number of hydrogen-bond acceptors (Lipinski definition) is 4. The lowest BCUT2D eigenvalue weighted by Gasteiger charge is -2.18. The van der Waals surface area contributed by atoms with E-state index < -0.39 is 17.7 Å². The van der Waals surface area contributed by atoms with Crippen molar-refractivity contribution in [3.8, 4) is 0 Å². The molecule has 0 radical (unpaired) electrons. The van der Waals surface area contributed by atoms with Crippen molar-refractivity contribution in [2.75, 3.05) is 4.90 Å². The molecule has 1 aromatic carbocycles. The van der Waals surface area contributed by atoms with Crippen LogP contribution in [0, 0.1) is 11.8 Å². The lowest BCUT2D eigenvalue weighted by atomic mass is 9.85. The summed E-state index contributed by atoms with van der Waals surface area (Å²) in [5.74, 6) is -3.58. The number of halogens is 1. The minimum absolute atomic E-state index is 0.112. The van der Waals surface area contributed by atoms with Gasteiger partial charge in [-0.1, -0.05) is 15.9 Å². The summed E-state index contributed by atoms with van der Waals surface area (Å²) in [6.45, 7) is 2.54. The molecule has 1 saturated heterocycles. The zero-order chi connectivity index (χ0) is 15.7. The number of carbonyl (C=O) groups excluding carboxylic acids is 4. The molecule has 2 amide bonds. The summed E-state index contributed by atoms with van der Waals surface area (Å²) >= 11 is 3.28. The highest BCUT2D eigenvalue weighted by Gasteiger charge is 2.46. The largest absolute Gasteiger partial charge is 0.299 e. The summed E-state index contributed by atoms with van der Waals surface area (Å²) in [5, 5.41) is 0. The van der Waals surface area contributed by atoms with E-state index in [1.165, 1.54) is 13.8 Å². The molecule has 5 nitrogen and oxygen atoms in total. The van der Waals surface area contributed by atoms with E-state index in [1.54, 1.807) is 24.3 Å². The molecular formula is C15H14BrNO4. The lowest BCUT2D eigenvalue weighted by Crippen LogP contribution is -2.36. The first-order chi connectivity index (χ1) is 9.82. The average molecular weight is 352 g/mol. The number of carbonyl (C=O) groups is 4. The van der Waals surface area contributed by atoms with Gasteiger partial charge in [0.25, 0.3) is 0 Å². The van der Waals surface area contributed by atoms with Crippen molar-refractivity contribution in [3.05, 3.63) is 28.7 Å². The first-order valence-corrected chi connectivity index (χ1v) is 7.25. The predicted octanol–water partition coefficient (Wildman–Crippen LogP) is 2.12. The van der Waals surface area contributed by atoms with Gasteiger partial charge in [-0.3, -0.25) is 24.1 Å². The fourth-order valence-electron chi connectivity index (χ4n) is 2.63. The number of rotatable bonds is 4. The zero-order valence-corrected chi connectivity index (χ0v) is 13.2. The summed E-state index contributed by atoms with van der Waals surface area (Å²) in [7, 11) is 0. The summed E-state index contributed by atoms with van der Waals surface area (Å²) in [6, 6.07) is 6.71. The Morgan fingerprint density at radius 2 is 1.67 bits per heavy atom. The number of nitrogens with zero attached hydrogens (tertiary/aromatic N) is 1. The van der Waals surface area contributed by atoms with Crippen molar-refractivity contribution in [3.63, 3.8) is 0 Å². The second kappa shape index (κ2) is 5.89. The highest BCUT2D eigenvalue weighted by Crippen LogP contribution is 2.32. The Bertz CT molecular complexity index is 609. The lowest BCUT2D eigenvalue weighted by molar-refractivity contribution is -0.137. The molecule has 21 heavy (non-hydrogen) atoms. The Hall–Kier alpha value is -1.82. The summed E-state index contributed by atoms with van der Waals surface area (Å²) < 4.78 is 0.826. The van der Waals surface area contributed by atoms with Crippen molar-refractivity contribution in [2.24, 2.45) is 11.8 Å². The summed E-state index contributed by atoms with van der Waals surface area (Å²) in [4.78, 5) is 48.8. The number of benzene rings is 1. The van der Waals surface area contributed by atoms with E-state index in [1.807, 2.05) is 0 Å². The van der Waals surface area contributed by atoms with Crippen LogP contribution in [0.4, 0.5) is 5.69 Å². The summed E-state index contributed by atoms with van der Waals surface area (Å²) in [5.41, 5.74) is 0.446. The van der Waals surface area contributed by atoms with Gasteiger partial charge in [0.1, 0.15) is 11.6 Å². The maximum absolute atomic E-state index is 12.4. The number of Topliss-reactive ketones (excluding diaryl/α,β-unsaturated/α-hetero) is 2. The Balaban J connectivity index is 2.34. The van der Waals surface area contributed by atoms with Crippen LogP contribution in [0.15, 0.2) is 28.7 Å². The van der Waals surface area contributed by atoms with Gasteiger partial charge >= 0.3 is 0 Å². The molecule has 1 fully saturated rings. The molecule has 0 N–H and O–H groups in total. The van der Waals surface area contributed by atoms with Gasteiger partial charge in [-0.15, -0.1) is 0 Å². The molecule has 2 rings (SSSR count). The third-order valence-corrected chi connectivity index (χ3v) is 4.07. The van der Waals surface area contributed by atoms with Gasteiger partial charge < -0.3 is 0 Å². The molecule has 0 spiro atoms. The number of anilines is 1. The van der Waals surface area contributed by atoms with Gasteiger partial charge in [-0.05, 0) is 38.1 Å². The number of imide groups is 1. The minimum atomic E-state index is -1.04. The van der Waals surface area contributed by atoms with Crippen LogP contribution >= 0.6 is 15.9 Å². The monoisotopic (exact) mass is 351 g/mol. The standard InChI is InChI=1S/C15H14BrNO4/c1-8(18)14(9(2)19)12-7-13(20)17(15(12)21)11-5-3-10(16)4-6-11/h3-6,12,14H,7H2,1-2H3/t12-/m0/s1. The van der Waals surface area contributed by atoms with Gasteiger partial charge in [-0.2, -0.15) is 0 Å². The van der Waals surface area contributed by atoms with Crippen LogP contribution in [0.3, 0.4) is 0 Å². The second-order valence-electron chi connectivity index (χ2n) is 5.05. The first kappa shape index (κ1) is 15.6. The molecule has 0 bridgehead atoms. The molecule has 1 aliphatic rings. The van der Waals surface area contributed by atoms with Crippen LogP contribution in [0.5, 0.6) is 0 Å². The van der Waals surface area contributed by atoms with Gasteiger partial charge in [0.05, 0.1) is 17.5 Å². The molecule has 0 saturated carbocycles. The molecule has 1 heterocycles. The van der Waals surface area contributed by atoms with Crippen molar-refractivity contribution >= 4 is 45.0 Å². The SMILES string of the molecule is CC(=O)C(C(C)=O)[C@@H]1CC(=O)N(c2ccc(Br)cc2)C1=O. The van der Waals surface area contributed by atoms with Crippen LogP contribution in [0.2, 0.25) is 0 Å². The predicted molar refractivity (Wildman–Crippen MR) is 79.6 cm³/mol. The van der Waals surface area contributed by atoms with Gasteiger partial charge in [0.2, 0.25) is 11.8 Å². The van der Waals surface area contributed by atoms with Gasteiger partial charge in [0, 0.05) is 10.9 Å². The van der Waals surface area contributed by atoms with Crippen molar-refractivity contribution < 1.29 is 19.2 Å². The Morgan fingerprint density at radius 3 is 2.14 bits per heavy atom. The molecule has 6 heteroatoms. The maximum atomic E-state index is 12.4. The average Bonchev–Trinajstić information content (AvgIpc) is 2.66. The third kappa shape index (κ3) is 2.95. The van der Waals surface area contributed by atoms with E-state index in [9.17, 15) is 19.2 Å². The van der Waals surface area contributed by atoms with E-state index in [0.29, 0.717) is 5.69 Å². The van der Waals surface area contributed by atoms with E-state index in [-0.39, 0.29) is 23.9 Å². The Morgan fingerprint density at radius 1 is 1.14 bits per heavy atom. The maximum Gasteiger partial charge on any atom is 0.238 e. The molecular weight excluding hydrogens is 338 g/mol. The molecule has 110 valence electrons. The van der Waals surface area contributed by atoms with Crippen LogP contribution in [0.1, 0.15) is 20.3 Å².